The molecule has 1 aromatic rings. The largest absolute Gasteiger partial charge is 0.496 e. The second-order valence-corrected chi connectivity index (χ2v) is 7.61. The highest BCUT2D eigenvalue weighted by atomic mass is 16.5. The van der Waals surface area contributed by atoms with E-state index in [1.807, 2.05) is 7.05 Å². The van der Waals surface area contributed by atoms with Crippen LogP contribution in [-0.4, -0.2) is 72.6 Å². The van der Waals surface area contributed by atoms with Crippen molar-refractivity contribution in [3.05, 3.63) is 27.7 Å². The molecule has 27 heavy (non-hydrogen) atoms. The fourth-order valence-corrected chi connectivity index (χ4v) is 4.57. The summed E-state index contributed by atoms with van der Waals surface area (Å²) in [6.07, 6.45) is 2.34. The van der Waals surface area contributed by atoms with E-state index in [1.54, 1.807) is 14.4 Å². The van der Waals surface area contributed by atoms with Gasteiger partial charge >= 0.3 is 0 Å². The number of hydrogen-bond donors (Lipinski definition) is 1. The van der Waals surface area contributed by atoms with Gasteiger partial charge in [0.15, 0.2) is 0 Å². The molecule has 0 spiro atoms. The number of nitrogens with zero attached hydrogens (tertiary/aromatic N) is 3. The average Bonchev–Trinajstić information content (AvgIpc) is 3.08. The first-order chi connectivity index (χ1) is 13.0. The first kappa shape index (κ1) is 18.0. The lowest BCUT2D eigenvalue weighted by molar-refractivity contribution is -0.138. The molecule has 0 aromatic carbocycles. The van der Waals surface area contributed by atoms with Gasteiger partial charge in [-0.3, -0.25) is 14.4 Å². The van der Waals surface area contributed by atoms with E-state index in [0.717, 1.165) is 18.5 Å². The third-order valence-corrected chi connectivity index (χ3v) is 6.12. The molecule has 2 atom stereocenters. The van der Waals surface area contributed by atoms with Crippen LogP contribution in [0.2, 0.25) is 0 Å². The third kappa shape index (κ3) is 3.01. The van der Waals surface area contributed by atoms with E-state index in [4.69, 9.17) is 4.74 Å². The van der Waals surface area contributed by atoms with Crippen LogP contribution in [0.1, 0.15) is 28.9 Å². The summed E-state index contributed by atoms with van der Waals surface area (Å²) in [6.45, 7) is 2.89. The number of ether oxygens (including phenoxy) is 1. The maximum atomic E-state index is 13.5. The highest BCUT2D eigenvalue weighted by Crippen LogP contribution is 2.31. The Morgan fingerprint density at radius 2 is 2.04 bits per heavy atom. The van der Waals surface area contributed by atoms with Crippen LogP contribution in [0.4, 0.5) is 0 Å². The van der Waals surface area contributed by atoms with Gasteiger partial charge in [-0.15, -0.1) is 0 Å². The number of nitrogens with one attached hydrogen (secondary N) is 1. The van der Waals surface area contributed by atoms with Gasteiger partial charge in [0.2, 0.25) is 5.91 Å². The van der Waals surface area contributed by atoms with E-state index in [2.05, 4.69) is 5.32 Å². The third-order valence-electron chi connectivity index (χ3n) is 6.12. The molecule has 8 nitrogen and oxygen atoms in total. The molecular formula is C19H26N4O4. The standard InChI is InChI=1S/C19H26N4O4/c1-21-13-4-3-12(18(21)25)10-22(11-13)19(26)17-14-5-6-20-7-8-23(14)16(24)9-15(17)27-2/h9,12-13,20H,3-8,10-11H2,1-2H3/t12-,13+/m0/s1. The Morgan fingerprint density at radius 1 is 1.22 bits per heavy atom. The van der Waals surface area contributed by atoms with Crippen LogP contribution in [0, 0.1) is 5.92 Å². The topological polar surface area (TPSA) is 83.9 Å². The lowest BCUT2D eigenvalue weighted by Gasteiger charge is -2.32. The van der Waals surface area contributed by atoms with Gasteiger partial charge in [-0.2, -0.15) is 0 Å². The Bertz CT molecular complexity index is 834. The number of likely N-dealkylation sites (N-methyl/N-ethyl adjacent to an activating group) is 1. The molecule has 3 fully saturated rings. The number of methoxy groups -OCH3 is 1. The minimum absolute atomic E-state index is 0.0536. The van der Waals surface area contributed by atoms with E-state index >= 15 is 0 Å². The van der Waals surface area contributed by atoms with Crippen molar-refractivity contribution in [1.82, 2.24) is 19.7 Å². The van der Waals surface area contributed by atoms with Gasteiger partial charge in [0.25, 0.3) is 11.5 Å². The summed E-state index contributed by atoms with van der Waals surface area (Å²) in [6, 6.07) is 1.46. The number of amides is 2. The van der Waals surface area contributed by atoms with Crippen LogP contribution >= 0.6 is 0 Å². The maximum absolute atomic E-state index is 13.5. The predicted octanol–water partition coefficient (Wildman–Crippen LogP) is -0.305. The second-order valence-electron chi connectivity index (χ2n) is 7.61. The Labute approximate surface area is 158 Å². The van der Waals surface area contributed by atoms with Crippen molar-refractivity contribution in [2.75, 3.05) is 40.3 Å². The molecule has 2 amide bonds. The highest BCUT2D eigenvalue weighted by Gasteiger charge is 2.41. The second kappa shape index (κ2) is 6.99. The van der Waals surface area contributed by atoms with E-state index < -0.39 is 0 Å². The molecule has 4 aliphatic rings. The predicted molar refractivity (Wildman–Crippen MR) is 99.0 cm³/mol. The zero-order chi connectivity index (χ0) is 19.1. The maximum Gasteiger partial charge on any atom is 0.259 e. The first-order valence-electron chi connectivity index (χ1n) is 9.58. The van der Waals surface area contributed by atoms with Gasteiger partial charge < -0.3 is 24.4 Å². The van der Waals surface area contributed by atoms with E-state index in [0.29, 0.717) is 50.5 Å². The summed E-state index contributed by atoms with van der Waals surface area (Å²) in [5.74, 6) is 0.170. The molecule has 2 bridgehead atoms. The summed E-state index contributed by atoms with van der Waals surface area (Å²) >= 11 is 0. The van der Waals surface area contributed by atoms with Crippen molar-refractivity contribution in [2.45, 2.75) is 31.8 Å². The number of aromatic nitrogens is 1. The average molecular weight is 374 g/mol. The summed E-state index contributed by atoms with van der Waals surface area (Å²) in [5, 5.41) is 3.27. The Balaban J connectivity index is 1.76. The number of hydrogen-bond acceptors (Lipinski definition) is 5. The number of carbonyl (C=O) groups is 2. The van der Waals surface area contributed by atoms with Crippen molar-refractivity contribution in [2.24, 2.45) is 5.92 Å². The van der Waals surface area contributed by atoms with Crippen molar-refractivity contribution in [3.63, 3.8) is 0 Å². The first-order valence-corrected chi connectivity index (χ1v) is 9.58. The lowest BCUT2D eigenvalue weighted by Crippen LogP contribution is -2.45. The number of piperidine rings is 1. The van der Waals surface area contributed by atoms with Gasteiger partial charge in [0.05, 0.1) is 13.0 Å². The van der Waals surface area contributed by atoms with Crippen LogP contribution in [0.25, 0.3) is 0 Å². The van der Waals surface area contributed by atoms with Crippen molar-refractivity contribution < 1.29 is 14.3 Å². The quantitative estimate of drug-likeness (QED) is 0.768. The molecule has 3 saturated heterocycles. The minimum Gasteiger partial charge on any atom is -0.496 e. The molecular weight excluding hydrogens is 348 g/mol. The van der Waals surface area contributed by atoms with Gasteiger partial charge in [-0.1, -0.05) is 0 Å². The van der Waals surface area contributed by atoms with E-state index in [9.17, 15) is 14.4 Å². The summed E-state index contributed by atoms with van der Waals surface area (Å²) in [4.78, 5) is 42.1. The van der Waals surface area contributed by atoms with Crippen LogP contribution in [-0.2, 0) is 17.8 Å². The molecule has 1 N–H and O–H groups in total. The van der Waals surface area contributed by atoms with Crippen LogP contribution in [0.5, 0.6) is 5.75 Å². The molecule has 5 heterocycles. The molecule has 0 unspecified atom stereocenters. The van der Waals surface area contributed by atoms with E-state index in [1.165, 1.54) is 13.2 Å². The molecule has 0 saturated carbocycles. The molecule has 146 valence electrons. The monoisotopic (exact) mass is 374 g/mol. The number of carbonyl (C=O) groups excluding carboxylic acids is 2. The van der Waals surface area contributed by atoms with E-state index in [-0.39, 0.29) is 29.3 Å². The zero-order valence-electron chi connectivity index (χ0n) is 15.9. The Hall–Kier alpha value is -2.35. The molecule has 0 radical (unpaired) electrons. The Morgan fingerprint density at radius 3 is 2.81 bits per heavy atom. The lowest BCUT2D eigenvalue weighted by atomic mass is 9.95. The van der Waals surface area contributed by atoms with Gasteiger partial charge in [0, 0.05) is 64.0 Å². The molecule has 4 aliphatic heterocycles. The van der Waals surface area contributed by atoms with Crippen molar-refractivity contribution in [1.29, 1.82) is 0 Å². The van der Waals surface area contributed by atoms with Crippen molar-refractivity contribution in [3.8, 4) is 5.75 Å². The van der Waals surface area contributed by atoms with Crippen LogP contribution < -0.4 is 15.6 Å². The molecule has 1 aromatic heterocycles. The fourth-order valence-electron chi connectivity index (χ4n) is 4.57. The summed E-state index contributed by atoms with van der Waals surface area (Å²) in [5.41, 5.74) is 1.05. The molecule has 5 rings (SSSR count). The van der Waals surface area contributed by atoms with Crippen LogP contribution in [0.15, 0.2) is 10.9 Å². The minimum atomic E-state index is -0.145. The van der Waals surface area contributed by atoms with Gasteiger partial charge in [0.1, 0.15) is 11.3 Å². The summed E-state index contributed by atoms with van der Waals surface area (Å²) in [7, 11) is 3.31. The summed E-state index contributed by atoms with van der Waals surface area (Å²) < 4.78 is 7.11. The number of rotatable bonds is 2. The highest BCUT2D eigenvalue weighted by molar-refractivity contribution is 5.98. The van der Waals surface area contributed by atoms with Crippen molar-refractivity contribution >= 4 is 11.8 Å². The van der Waals surface area contributed by atoms with Gasteiger partial charge in [-0.05, 0) is 12.8 Å². The Kier molecular flexibility index (Phi) is 4.67. The molecule has 8 heteroatoms. The number of pyridine rings is 1. The zero-order valence-corrected chi connectivity index (χ0v) is 15.9. The van der Waals surface area contributed by atoms with Gasteiger partial charge in [-0.25, -0.2) is 0 Å². The molecule has 0 aliphatic carbocycles. The fraction of sp³-hybridized carbons (Fsp3) is 0.632. The number of fused-ring (bicyclic) bond motifs is 5. The normalized spacial score (nSPS) is 25.0. The van der Waals surface area contributed by atoms with Crippen LogP contribution in [0.3, 0.4) is 0 Å². The smallest absolute Gasteiger partial charge is 0.259 e. The SMILES string of the molecule is COc1cc(=O)n2c(c1C(=O)N1C[C@@H]3CC[C@H](C1)N(C)C3=O)CCNCC2.